The Morgan fingerprint density at radius 2 is 2.03 bits per heavy atom. The zero-order chi connectivity index (χ0) is 21.8. The van der Waals surface area contributed by atoms with Gasteiger partial charge in [0, 0.05) is 15.6 Å². The molecule has 0 saturated heterocycles. The highest BCUT2D eigenvalue weighted by Gasteiger charge is 2.13. The van der Waals surface area contributed by atoms with Crippen LogP contribution < -0.4 is 10.1 Å². The van der Waals surface area contributed by atoms with Crippen LogP contribution in [0.5, 0.6) is 5.75 Å². The molecular weight excluding hydrogens is 455 g/mol. The number of aryl methyl sites for hydroxylation is 1. The number of aromatic nitrogens is 3. The molecule has 9 heteroatoms. The number of halogens is 2. The minimum absolute atomic E-state index is 0.245. The zero-order valence-electron chi connectivity index (χ0n) is 16.5. The van der Waals surface area contributed by atoms with E-state index in [9.17, 15) is 4.79 Å². The van der Waals surface area contributed by atoms with E-state index in [-0.39, 0.29) is 11.9 Å². The van der Waals surface area contributed by atoms with E-state index in [0.717, 1.165) is 22.4 Å². The van der Waals surface area contributed by atoms with Crippen molar-refractivity contribution in [1.82, 2.24) is 14.8 Å². The third-order valence-electron chi connectivity index (χ3n) is 4.41. The fraction of sp³-hybridized carbons (Fsp3) is 0.136. The number of nitrogens with zero attached hydrogens (tertiary/aromatic N) is 3. The maximum Gasteiger partial charge on any atom is 0.268 e. The highest BCUT2D eigenvalue weighted by molar-refractivity contribution is 7.12. The lowest BCUT2D eigenvalue weighted by Crippen LogP contribution is -2.12. The summed E-state index contributed by atoms with van der Waals surface area (Å²) in [7, 11) is 0. The van der Waals surface area contributed by atoms with Crippen LogP contribution in [-0.4, -0.2) is 20.7 Å². The summed E-state index contributed by atoms with van der Waals surface area (Å²) < 4.78 is 7.43. The minimum atomic E-state index is -0.265. The number of thiophene rings is 1. The lowest BCUT2D eigenvalue weighted by molar-refractivity contribution is 0.102. The highest BCUT2D eigenvalue weighted by atomic mass is 35.5. The third kappa shape index (κ3) is 5.64. The molecule has 0 aliphatic heterocycles. The molecule has 0 spiro atoms. The van der Waals surface area contributed by atoms with Crippen LogP contribution in [0.25, 0.3) is 0 Å². The van der Waals surface area contributed by atoms with Crippen molar-refractivity contribution in [2.45, 2.75) is 20.1 Å². The number of ether oxygens (including phenoxy) is 1. The van der Waals surface area contributed by atoms with Crippen LogP contribution in [0.1, 0.15) is 26.4 Å². The summed E-state index contributed by atoms with van der Waals surface area (Å²) in [5.74, 6) is 0.711. The third-order valence-corrected chi connectivity index (χ3v) is 6.04. The average Bonchev–Trinajstić information content (AvgIpc) is 3.38. The molecule has 2 aromatic heterocycles. The summed E-state index contributed by atoms with van der Waals surface area (Å²) in [5.41, 5.74) is 2.85. The molecule has 4 rings (SSSR count). The largest absolute Gasteiger partial charge is 0.489 e. The van der Waals surface area contributed by atoms with E-state index in [1.165, 1.54) is 11.3 Å². The van der Waals surface area contributed by atoms with Crippen molar-refractivity contribution >= 4 is 46.4 Å². The fourth-order valence-corrected chi connectivity index (χ4v) is 3.98. The lowest BCUT2D eigenvalue weighted by atomic mass is 10.2. The maximum absolute atomic E-state index is 12.5. The molecule has 0 aliphatic rings. The van der Waals surface area contributed by atoms with Gasteiger partial charge in [0.15, 0.2) is 0 Å². The number of rotatable bonds is 7. The Morgan fingerprint density at radius 3 is 2.84 bits per heavy atom. The van der Waals surface area contributed by atoms with Gasteiger partial charge in [-0.15, -0.1) is 16.4 Å². The molecule has 0 fully saturated rings. The van der Waals surface area contributed by atoms with Crippen molar-refractivity contribution in [2.75, 3.05) is 5.32 Å². The Morgan fingerprint density at radius 1 is 1.16 bits per heavy atom. The predicted octanol–water partition coefficient (Wildman–Crippen LogP) is 5.83. The van der Waals surface area contributed by atoms with Crippen LogP contribution in [0.15, 0.2) is 60.2 Å². The molecular formula is C22H18Cl2N4O2S. The van der Waals surface area contributed by atoms with Gasteiger partial charge in [-0.05, 0) is 59.8 Å². The van der Waals surface area contributed by atoms with Crippen molar-refractivity contribution in [3.8, 4) is 5.75 Å². The Labute approximate surface area is 193 Å². The summed E-state index contributed by atoms with van der Waals surface area (Å²) in [4.78, 5) is 17.2. The molecule has 0 radical (unpaired) electrons. The first-order valence-corrected chi connectivity index (χ1v) is 11.0. The average molecular weight is 473 g/mol. The first-order valence-electron chi connectivity index (χ1n) is 9.38. The van der Waals surface area contributed by atoms with Gasteiger partial charge < -0.3 is 4.74 Å². The van der Waals surface area contributed by atoms with Crippen LogP contribution in [-0.2, 0) is 13.2 Å². The van der Waals surface area contributed by atoms with Crippen LogP contribution in [0.2, 0.25) is 10.0 Å². The van der Waals surface area contributed by atoms with Gasteiger partial charge in [0.05, 0.1) is 11.4 Å². The summed E-state index contributed by atoms with van der Waals surface area (Å²) in [6.07, 6.45) is 1.57. The molecule has 6 nitrogen and oxygen atoms in total. The molecule has 2 heterocycles. The zero-order valence-corrected chi connectivity index (χ0v) is 18.8. The molecule has 1 N–H and O–H groups in total. The summed E-state index contributed by atoms with van der Waals surface area (Å²) in [6.45, 7) is 2.79. The van der Waals surface area contributed by atoms with E-state index in [2.05, 4.69) is 15.4 Å². The molecule has 0 unspecified atom stereocenters. The maximum atomic E-state index is 12.5. The molecule has 0 saturated carbocycles. The van der Waals surface area contributed by atoms with E-state index < -0.39 is 0 Å². The van der Waals surface area contributed by atoms with Gasteiger partial charge in [0.1, 0.15) is 18.7 Å². The number of carbonyl (C=O) groups excluding carboxylic acids is 1. The van der Waals surface area contributed by atoms with Crippen molar-refractivity contribution in [3.05, 3.63) is 91.9 Å². The Bertz CT molecular complexity index is 1220. The van der Waals surface area contributed by atoms with E-state index in [1.54, 1.807) is 23.1 Å². The molecule has 0 aliphatic carbocycles. The van der Waals surface area contributed by atoms with E-state index in [0.29, 0.717) is 28.1 Å². The van der Waals surface area contributed by atoms with Gasteiger partial charge in [-0.2, -0.15) is 0 Å². The Balaban J connectivity index is 1.33. The number of benzene rings is 2. The molecule has 158 valence electrons. The smallest absolute Gasteiger partial charge is 0.268 e. The number of nitrogens with one attached hydrogen (secondary N) is 1. The minimum Gasteiger partial charge on any atom is -0.489 e. The van der Waals surface area contributed by atoms with Crippen molar-refractivity contribution in [1.29, 1.82) is 0 Å². The number of hydrogen-bond acceptors (Lipinski definition) is 5. The number of hydrogen-bond donors (Lipinski definition) is 1. The van der Waals surface area contributed by atoms with Crippen molar-refractivity contribution in [2.24, 2.45) is 0 Å². The van der Waals surface area contributed by atoms with Gasteiger partial charge in [0.25, 0.3) is 5.91 Å². The number of amides is 1. The first kappa shape index (κ1) is 21.4. The highest BCUT2D eigenvalue weighted by Crippen LogP contribution is 2.23. The quantitative estimate of drug-likeness (QED) is 0.367. The summed E-state index contributed by atoms with van der Waals surface area (Å²) in [6, 6.07) is 14.8. The molecule has 0 atom stereocenters. The fourth-order valence-electron chi connectivity index (χ4n) is 2.86. The second-order valence-electron chi connectivity index (χ2n) is 6.87. The van der Waals surface area contributed by atoms with Crippen LogP contribution in [0.4, 0.5) is 5.95 Å². The van der Waals surface area contributed by atoms with Gasteiger partial charge in [-0.3, -0.25) is 10.1 Å². The standard InChI is InChI=1S/C22H18Cl2N4O2S/c1-14-7-18(5-6-19(14)24)30-11-16-9-20(31-12-16)21(29)26-22-25-13-28(27-22)10-15-3-2-4-17(23)8-15/h2-9,12-13H,10-11H2,1H3,(H,26,27,29). The van der Waals surface area contributed by atoms with Crippen LogP contribution in [0, 0.1) is 6.92 Å². The summed E-state index contributed by atoms with van der Waals surface area (Å²) >= 11 is 13.4. The summed E-state index contributed by atoms with van der Waals surface area (Å²) in [5, 5.41) is 10.3. The monoisotopic (exact) mass is 472 g/mol. The van der Waals surface area contributed by atoms with Crippen molar-refractivity contribution in [3.63, 3.8) is 0 Å². The van der Waals surface area contributed by atoms with Gasteiger partial charge in [-0.25, -0.2) is 9.67 Å². The topological polar surface area (TPSA) is 69.0 Å². The molecule has 2 aromatic carbocycles. The molecule has 31 heavy (non-hydrogen) atoms. The van der Waals surface area contributed by atoms with E-state index in [4.69, 9.17) is 27.9 Å². The van der Waals surface area contributed by atoms with E-state index >= 15 is 0 Å². The van der Waals surface area contributed by atoms with E-state index in [1.807, 2.05) is 48.7 Å². The second kappa shape index (κ2) is 9.51. The SMILES string of the molecule is Cc1cc(OCc2csc(C(=O)Nc3ncn(Cc4cccc(Cl)c4)n3)c2)ccc1Cl. The molecule has 0 bridgehead atoms. The van der Waals surface area contributed by atoms with Crippen LogP contribution >= 0.6 is 34.5 Å². The first-order chi connectivity index (χ1) is 15.0. The Hall–Kier alpha value is -2.87. The second-order valence-corrected chi connectivity index (χ2v) is 8.62. The normalized spacial score (nSPS) is 10.8. The number of carbonyl (C=O) groups is 1. The molecule has 1 amide bonds. The predicted molar refractivity (Wildman–Crippen MR) is 123 cm³/mol. The van der Waals surface area contributed by atoms with Gasteiger partial charge >= 0.3 is 0 Å². The molecule has 4 aromatic rings. The lowest BCUT2D eigenvalue weighted by Gasteiger charge is -2.06. The van der Waals surface area contributed by atoms with Crippen molar-refractivity contribution < 1.29 is 9.53 Å². The van der Waals surface area contributed by atoms with Gasteiger partial charge in [0.2, 0.25) is 5.95 Å². The van der Waals surface area contributed by atoms with Gasteiger partial charge in [-0.1, -0.05) is 35.3 Å². The van der Waals surface area contributed by atoms with Crippen LogP contribution in [0.3, 0.4) is 0 Å². The Kier molecular flexibility index (Phi) is 6.56. The number of anilines is 1.